The molecule has 2 heterocycles. The summed E-state index contributed by atoms with van der Waals surface area (Å²) in [5.41, 5.74) is -3.01. The second-order valence-electron chi connectivity index (χ2n) is 9.04. The van der Waals surface area contributed by atoms with Crippen molar-refractivity contribution >= 4 is 21.6 Å². The highest BCUT2D eigenvalue weighted by atomic mass is 32.2. The predicted molar refractivity (Wildman–Crippen MR) is 119 cm³/mol. The lowest BCUT2D eigenvalue weighted by Gasteiger charge is -2.32. The Bertz CT molecular complexity index is 1270. The topological polar surface area (TPSA) is 94.6 Å². The van der Waals surface area contributed by atoms with Gasteiger partial charge >= 0.3 is 6.18 Å². The highest BCUT2D eigenvalue weighted by Gasteiger charge is 2.66. The maximum atomic E-state index is 14.7. The van der Waals surface area contributed by atoms with Crippen LogP contribution in [0.3, 0.4) is 0 Å². The summed E-state index contributed by atoms with van der Waals surface area (Å²) >= 11 is 0. The van der Waals surface area contributed by atoms with Gasteiger partial charge in [-0.2, -0.15) is 17.6 Å². The van der Waals surface area contributed by atoms with Crippen molar-refractivity contribution in [2.45, 2.75) is 62.5 Å². The molecule has 198 valence electrons. The van der Waals surface area contributed by atoms with Crippen LogP contribution in [0.2, 0.25) is 0 Å². The molecule has 1 saturated heterocycles. The maximum Gasteiger partial charge on any atom is 0.417 e. The van der Waals surface area contributed by atoms with Crippen molar-refractivity contribution in [2.75, 3.05) is 11.6 Å². The van der Waals surface area contributed by atoms with Gasteiger partial charge in [0.2, 0.25) is 5.82 Å². The normalized spacial score (nSPS) is 24.7. The Labute approximate surface area is 204 Å². The number of carbonyl (C=O) groups is 1. The van der Waals surface area contributed by atoms with E-state index in [1.54, 1.807) is 0 Å². The number of nitrogens with zero attached hydrogens (tertiary/aromatic N) is 1. The van der Waals surface area contributed by atoms with Crippen LogP contribution in [-0.2, 0) is 19.4 Å². The number of hydrogen-bond acceptors (Lipinski definition) is 6. The number of alkyl halides is 3. The molecule has 1 N–H and O–H groups in total. The minimum Gasteiger partial charge on any atom is -0.488 e. The van der Waals surface area contributed by atoms with Crippen LogP contribution >= 0.6 is 0 Å². The highest BCUT2D eigenvalue weighted by molar-refractivity contribution is 7.90. The predicted octanol–water partition coefficient (Wildman–Crippen LogP) is 4.63. The average molecular weight is 537 g/mol. The second kappa shape index (κ2) is 9.58. The third-order valence-corrected chi connectivity index (χ3v) is 7.24. The molecule has 0 saturated carbocycles. The SMILES string of the molecule is CC(C)Oc1c([C@H]2[C@H](C(=O)Nc3cc(S(C)(=O)=O)ccn3)O[C@@](C)(C(F)(F)F)[C@H]2C)ccc(F)c1F. The summed E-state index contributed by atoms with van der Waals surface area (Å²) < 4.78 is 105. The van der Waals surface area contributed by atoms with Gasteiger partial charge in [0.05, 0.1) is 11.0 Å². The molecule has 36 heavy (non-hydrogen) atoms. The summed E-state index contributed by atoms with van der Waals surface area (Å²) in [5, 5.41) is 2.28. The lowest BCUT2D eigenvalue weighted by Crippen LogP contribution is -2.47. The molecule has 4 atom stereocenters. The first-order chi connectivity index (χ1) is 16.5. The Kier molecular flexibility index (Phi) is 7.39. The molecule has 3 rings (SSSR count). The lowest BCUT2D eigenvalue weighted by molar-refractivity contribution is -0.272. The molecule has 0 unspecified atom stereocenters. The van der Waals surface area contributed by atoms with Crippen LogP contribution in [-0.4, -0.2) is 49.6 Å². The van der Waals surface area contributed by atoms with Gasteiger partial charge in [0.1, 0.15) is 11.9 Å². The number of halogens is 5. The summed E-state index contributed by atoms with van der Waals surface area (Å²) in [4.78, 5) is 16.9. The molecule has 1 fully saturated rings. The van der Waals surface area contributed by atoms with E-state index in [0.717, 1.165) is 37.6 Å². The molecule has 0 spiro atoms. The number of benzene rings is 1. The Morgan fingerprint density at radius 3 is 2.42 bits per heavy atom. The van der Waals surface area contributed by atoms with Crippen LogP contribution in [0, 0.1) is 17.6 Å². The molecule has 2 aromatic rings. The van der Waals surface area contributed by atoms with Gasteiger partial charge in [-0.05, 0) is 39.0 Å². The van der Waals surface area contributed by atoms with Crippen molar-refractivity contribution in [1.29, 1.82) is 0 Å². The van der Waals surface area contributed by atoms with Crippen LogP contribution in [0.5, 0.6) is 5.75 Å². The van der Waals surface area contributed by atoms with E-state index in [0.29, 0.717) is 0 Å². The zero-order valence-electron chi connectivity index (χ0n) is 20.0. The van der Waals surface area contributed by atoms with E-state index in [-0.39, 0.29) is 16.3 Å². The fourth-order valence-corrected chi connectivity index (χ4v) is 4.73. The largest absolute Gasteiger partial charge is 0.488 e. The van der Waals surface area contributed by atoms with E-state index in [1.165, 1.54) is 26.8 Å². The summed E-state index contributed by atoms with van der Waals surface area (Å²) in [6.45, 7) is 5.00. The molecule has 1 aliphatic heterocycles. The minimum absolute atomic E-state index is 0.180. The standard InChI is InChI=1S/C23H25F5N2O5S/c1-11(2)34-19-14(6-7-15(24)18(19)25)17-12(3)22(4,23(26,27)28)35-20(17)21(31)30-16-10-13(8-9-29-16)36(5,32)33/h6-12,17,20H,1-5H3,(H,29,30,31)/t12-,17-,20+,22+/m0/s1. The molecule has 1 aromatic heterocycles. The fraction of sp³-hybridized carbons (Fsp3) is 0.478. The highest BCUT2D eigenvalue weighted by Crippen LogP contribution is 2.55. The number of ether oxygens (including phenoxy) is 2. The monoisotopic (exact) mass is 536 g/mol. The van der Waals surface area contributed by atoms with Crippen molar-refractivity contribution in [3.8, 4) is 5.75 Å². The molecular weight excluding hydrogens is 511 g/mol. The number of pyridine rings is 1. The number of hydrogen-bond donors (Lipinski definition) is 1. The number of rotatable bonds is 6. The van der Waals surface area contributed by atoms with E-state index >= 15 is 0 Å². The number of amides is 1. The molecule has 0 bridgehead atoms. The van der Waals surface area contributed by atoms with E-state index < -0.39 is 68.9 Å². The molecule has 13 heteroatoms. The average Bonchev–Trinajstić information content (AvgIpc) is 3.03. The van der Waals surface area contributed by atoms with Gasteiger partial charge in [0, 0.05) is 29.9 Å². The zero-order chi connectivity index (χ0) is 27.2. The Balaban J connectivity index is 2.11. The maximum absolute atomic E-state index is 14.7. The van der Waals surface area contributed by atoms with Gasteiger partial charge in [0.15, 0.2) is 27.0 Å². The van der Waals surface area contributed by atoms with Gasteiger partial charge in [-0.3, -0.25) is 4.79 Å². The number of aromatic nitrogens is 1. The number of sulfone groups is 1. The van der Waals surface area contributed by atoms with Crippen LogP contribution in [0.4, 0.5) is 27.8 Å². The fourth-order valence-electron chi connectivity index (χ4n) is 4.10. The molecular formula is C23H25F5N2O5S. The van der Waals surface area contributed by atoms with Gasteiger partial charge in [-0.15, -0.1) is 0 Å². The lowest BCUT2D eigenvalue weighted by atomic mass is 9.77. The second-order valence-corrected chi connectivity index (χ2v) is 11.1. The van der Waals surface area contributed by atoms with Crippen molar-refractivity contribution in [3.05, 3.63) is 47.7 Å². The summed E-state index contributed by atoms with van der Waals surface area (Å²) in [6.07, 6.45) is -5.40. The van der Waals surface area contributed by atoms with Crippen LogP contribution in [0.1, 0.15) is 39.2 Å². The first-order valence-electron chi connectivity index (χ1n) is 10.8. The van der Waals surface area contributed by atoms with E-state index in [2.05, 4.69) is 10.3 Å². The van der Waals surface area contributed by atoms with Crippen molar-refractivity contribution < 1.29 is 44.6 Å². The van der Waals surface area contributed by atoms with Crippen LogP contribution < -0.4 is 10.1 Å². The number of anilines is 1. The molecule has 0 aliphatic carbocycles. The zero-order valence-corrected chi connectivity index (χ0v) is 20.8. The molecule has 1 amide bonds. The Hall–Kier alpha value is -2.80. The van der Waals surface area contributed by atoms with Crippen molar-refractivity contribution in [2.24, 2.45) is 5.92 Å². The van der Waals surface area contributed by atoms with Gasteiger partial charge in [0.25, 0.3) is 5.91 Å². The minimum atomic E-state index is -4.92. The Morgan fingerprint density at radius 1 is 1.22 bits per heavy atom. The smallest absolute Gasteiger partial charge is 0.417 e. The van der Waals surface area contributed by atoms with Gasteiger partial charge in [-0.1, -0.05) is 13.0 Å². The molecule has 1 aromatic carbocycles. The third kappa shape index (κ3) is 5.17. The third-order valence-electron chi connectivity index (χ3n) is 6.13. The van der Waals surface area contributed by atoms with Gasteiger partial charge in [-0.25, -0.2) is 17.8 Å². The van der Waals surface area contributed by atoms with Crippen molar-refractivity contribution in [1.82, 2.24) is 4.98 Å². The molecule has 1 aliphatic rings. The van der Waals surface area contributed by atoms with Crippen LogP contribution in [0.15, 0.2) is 35.4 Å². The van der Waals surface area contributed by atoms with Crippen molar-refractivity contribution in [3.63, 3.8) is 0 Å². The van der Waals surface area contributed by atoms with E-state index in [1.807, 2.05) is 0 Å². The van der Waals surface area contributed by atoms with Crippen LogP contribution in [0.25, 0.3) is 0 Å². The summed E-state index contributed by atoms with van der Waals surface area (Å²) in [5.74, 6) is -7.49. The first kappa shape index (κ1) is 27.8. The van der Waals surface area contributed by atoms with E-state index in [4.69, 9.17) is 9.47 Å². The first-order valence-corrected chi connectivity index (χ1v) is 12.7. The number of carbonyl (C=O) groups excluding carboxylic acids is 1. The molecule has 7 nitrogen and oxygen atoms in total. The molecule has 0 radical (unpaired) electrons. The summed E-state index contributed by atoms with van der Waals surface area (Å²) in [7, 11) is -3.67. The van der Waals surface area contributed by atoms with E-state index in [9.17, 15) is 35.2 Å². The van der Waals surface area contributed by atoms with Gasteiger partial charge < -0.3 is 14.8 Å². The summed E-state index contributed by atoms with van der Waals surface area (Å²) in [6, 6.07) is 4.01. The quantitative estimate of drug-likeness (QED) is 0.541. The Morgan fingerprint density at radius 2 is 1.86 bits per heavy atom. The number of nitrogens with one attached hydrogen (secondary N) is 1.